The van der Waals surface area contributed by atoms with Crippen LogP contribution in [0, 0.1) is 6.92 Å². The topological polar surface area (TPSA) is 50.2 Å². The number of ketones is 1. The number of nitrogens with zero attached hydrogens (tertiary/aromatic N) is 1. The number of carbonyl (C=O) groups excluding carboxylic acids is 1. The molecule has 1 rings (SSSR count). The number of aryl methyl sites for hydroxylation is 1. The highest BCUT2D eigenvalue weighted by Gasteiger charge is 2.17. The van der Waals surface area contributed by atoms with E-state index in [0.29, 0.717) is 12.0 Å². The van der Waals surface area contributed by atoms with E-state index >= 15 is 0 Å². The first-order valence-electron chi connectivity index (χ1n) is 4.79. The lowest BCUT2D eigenvalue weighted by Crippen LogP contribution is -2.21. The zero-order valence-electron chi connectivity index (χ0n) is 8.53. The van der Waals surface area contributed by atoms with Gasteiger partial charge in [0.1, 0.15) is 6.10 Å². The van der Waals surface area contributed by atoms with E-state index in [2.05, 4.69) is 4.98 Å². The quantitative estimate of drug-likeness (QED) is 0.741. The van der Waals surface area contributed by atoms with E-state index < -0.39 is 6.10 Å². The van der Waals surface area contributed by atoms with Crippen molar-refractivity contribution in [1.29, 1.82) is 0 Å². The van der Waals surface area contributed by atoms with Crippen LogP contribution in [0.3, 0.4) is 0 Å². The van der Waals surface area contributed by atoms with Crippen molar-refractivity contribution in [3.8, 4) is 0 Å². The fraction of sp³-hybridized carbons (Fsp3) is 0.455. The SMILES string of the molecule is CCCC(O)C(=O)c1cnccc1C. The van der Waals surface area contributed by atoms with Crippen molar-refractivity contribution in [1.82, 2.24) is 4.98 Å². The molecule has 0 aliphatic heterocycles. The molecule has 0 aliphatic carbocycles. The molecule has 0 saturated carbocycles. The van der Waals surface area contributed by atoms with Crippen molar-refractivity contribution >= 4 is 5.78 Å². The van der Waals surface area contributed by atoms with Gasteiger partial charge in [-0.05, 0) is 25.0 Å². The Morgan fingerprint density at radius 3 is 2.93 bits per heavy atom. The van der Waals surface area contributed by atoms with Crippen molar-refractivity contribution in [2.45, 2.75) is 32.8 Å². The van der Waals surface area contributed by atoms with Gasteiger partial charge >= 0.3 is 0 Å². The molecule has 0 bridgehead atoms. The highest BCUT2D eigenvalue weighted by Crippen LogP contribution is 2.10. The minimum Gasteiger partial charge on any atom is -0.385 e. The van der Waals surface area contributed by atoms with Crippen LogP contribution < -0.4 is 0 Å². The maximum Gasteiger partial charge on any atom is 0.193 e. The fourth-order valence-electron chi connectivity index (χ4n) is 1.31. The fourth-order valence-corrected chi connectivity index (χ4v) is 1.31. The van der Waals surface area contributed by atoms with Crippen LogP contribution in [-0.2, 0) is 0 Å². The molecule has 0 fully saturated rings. The second kappa shape index (κ2) is 4.86. The monoisotopic (exact) mass is 193 g/mol. The van der Waals surface area contributed by atoms with E-state index in [9.17, 15) is 9.90 Å². The van der Waals surface area contributed by atoms with Crippen LogP contribution in [-0.4, -0.2) is 22.0 Å². The van der Waals surface area contributed by atoms with Gasteiger partial charge in [-0.1, -0.05) is 13.3 Å². The Kier molecular flexibility index (Phi) is 3.77. The third-order valence-corrected chi connectivity index (χ3v) is 2.17. The summed E-state index contributed by atoms with van der Waals surface area (Å²) in [6.07, 6.45) is 3.57. The largest absolute Gasteiger partial charge is 0.385 e. The van der Waals surface area contributed by atoms with E-state index in [1.165, 1.54) is 6.20 Å². The van der Waals surface area contributed by atoms with E-state index in [-0.39, 0.29) is 5.78 Å². The summed E-state index contributed by atoms with van der Waals surface area (Å²) in [7, 11) is 0. The maximum atomic E-state index is 11.7. The standard InChI is InChI=1S/C11H15NO2/c1-3-4-10(13)11(14)9-7-12-6-5-8(9)2/h5-7,10,13H,3-4H2,1-2H3. The molecule has 0 aromatic carbocycles. The molecule has 1 unspecified atom stereocenters. The second-order valence-electron chi connectivity index (χ2n) is 3.36. The maximum absolute atomic E-state index is 11.7. The molecule has 0 radical (unpaired) electrons. The molecule has 1 aromatic heterocycles. The van der Waals surface area contributed by atoms with Gasteiger partial charge in [-0.3, -0.25) is 9.78 Å². The zero-order valence-corrected chi connectivity index (χ0v) is 8.53. The summed E-state index contributed by atoms with van der Waals surface area (Å²) in [4.78, 5) is 15.5. The predicted octanol–water partition coefficient (Wildman–Crippen LogP) is 1.73. The van der Waals surface area contributed by atoms with Crippen LogP contribution in [0.5, 0.6) is 0 Å². The minimum absolute atomic E-state index is 0.225. The van der Waals surface area contributed by atoms with Crippen LogP contribution in [0.4, 0.5) is 0 Å². The Labute approximate surface area is 83.8 Å². The molecule has 76 valence electrons. The lowest BCUT2D eigenvalue weighted by atomic mass is 10.0. The lowest BCUT2D eigenvalue weighted by molar-refractivity contribution is 0.0728. The number of carbonyl (C=O) groups is 1. The Balaban J connectivity index is 2.84. The van der Waals surface area contributed by atoms with Crippen molar-refractivity contribution in [3.05, 3.63) is 29.6 Å². The van der Waals surface area contributed by atoms with Crippen LogP contribution >= 0.6 is 0 Å². The van der Waals surface area contributed by atoms with Crippen molar-refractivity contribution in [3.63, 3.8) is 0 Å². The average Bonchev–Trinajstić information content (AvgIpc) is 2.18. The summed E-state index contributed by atoms with van der Waals surface area (Å²) in [6.45, 7) is 3.78. The third kappa shape index (κ3) is 2.39. The van der Waals surface area contributed by atoms with Gasteiger partial charge in [0, 0.05) is 18.0 Å². The molecule has 0 spiro atoms. The molecule has 1 heterocycles. The molecule has 1 N–H and O–H groups in total. The first-order chi connectivity index (χ1) is 6.66. The zero-order chi connectivity index (χ0) is 10.6. The second-order valence-corrected chi connectivity index (χ2v) is 3.36. The van der Waals surface area contributed by atoms with Crippen molar-refractivity contribution < 1.29 is 9.90 Å². The number of hydrogen-bond acceptors (Lipinski definition) is 3. The summed E-state index contributed by atoms with van der Waals surface area (Å²) < 4.78 is 0. The number of hydrogen-bond donors (Lipinski definition) is 1. The summed E-state index contributed by atoms with van der Waals surface area (Å²) in [6, 6.07) is 1.77. The Morgan fingerprint density at radius 1 is 1.64 bits per heavy atom. The summed E-state index contributed by atoms with van der Waals surface area (Å²) in [5.74, 6) is -0.225. The van der Waals surface area contributed by atoms with Crippen molar-refractivity contribution in [2.75, 3.05) is 0 Å². The van der Waals surface area contributed by atoms with Gasteiger partial charge in [-0.15, -0.1) is 0 Å². The van der Waals surface area contributed by atoms with Gasteiger partial charge in [0.2, 0.25) is 0 Å². The summed E-state index contributed by atoms with van der Waals surface area (Å²) in [5.41, 5.74) is 1.38. The van der Waals surface area contributed by atoms with Crippen LogP contribution in [0.25, 0.3) is 0 Å². The molecule has 0 aliphatic rings. The summed E-state index contributed by atoms with van der Waals surface area (Å²) in [5, 5.41) is 9.52. The highest BCUT2D eigenvalue weighted by molar-refractivity contribution is 6.00. The average molecular weight is 193 g/mol. The van der Waals surface area contributed by atoms with E-state index in [1.54, 1.807) is 12.3 Å². The first kappa shape index (κ1) is 10.9. The lowest BCUT2D eigenvalue weighted by Gasteiger charge is -2.09. The molecule has 3 nitrogen and oxygen atoms in total. The molecule has 0 saturated heterocycles. The molecule has 1 aromatic rings. The summed E-state index contributed by atoms with van der Waals surface area (Å²) >= 11 is 0. The molecule has 14 heavy (non-hydrogen) atoms. The number of pyridine rings is 1. The molecular weight excluding hydrogens is 178 g/mol. The number of aliphatic hydroxyl groups excluding tert-OH is 1. The van der Waals surface area contributed by atoms with Gasteiger partial charge in [-0.2, -0.15) is 0 Å². The predicted molar refractivity (Wildman–Crippen MR) is 54.2 cm³/mol. The number of Topliss-reactive ketones (excluding diaryl/α,β-unsaturated/α-hetero) is 1. The number of aliphatic hydroxyl groups is 1. The molecule has 0 amide bonds. The van der Waals surface area contributed by atoms with Crippen molar-refractivity contribution in [2.24, 2.45) is 0 Å². The highest BCUT2D eigenvalue weighted by atomic mass is 16.3. The molecule has 1 atom stereocenters. The van der Waals surface area contributed by atoms with E-state index in [4.69, 9.17) is 0 Å². The van der Waals surface area contributed by atoms with Gasteiger partial charge in [0.25, 0.3) is 0 Å². The Morgan fingerprint density at radius 2 is 2.36 bits per heavy atom. The van der Waals surface area contributed by atoms with Crippen LogP contribution in [0.15, 0.2) is 18.5 Å². The normalized spacial score (nSPS) is 12.5. The Hall–Kier alpha value is -1.22. The van der Waals surface area contributed by atoms with Gasteiger partial charge in [-0.25, -0.2) is 0 Å². The molecular formula is C11H15NO2. The molecule has 3 heteroatoms. The third-order valence-electron chi connectivity index (χ3n) is 2.17. The van der Waals surface area contributed by atoms with Crippen LogP contribution in [0.2, 0.25) is 0 Å². The van der Waals surface area contributed by atoms with Gasteiger partial charge in [0.15, 0.2) is 5.78 Å². The van der Waals surface area contributed by atoms with Gasteiger partial charge < -0.3 is 5.11 Å². The van der Waals surface area contributed by atoms with Crippen LogP contribution in [0.1, 0.15) is 35.7 Å². The number of aromatic nitrogens is 1. The minimum atomic E-state index is -0.886. The smallest absolute Gasteiger partial charge is 0.193 e. The first-order valence-corrected chi connectivity index (χ1v) is 4.79. The number of rotatable bonds is 4. The van der Waals surface area contributed by atoms with E-state index in [0.717, 1.165) is 12.0 Å². The van der Waals surface area contributed by atoms with E-state index in [1.807, 2.05) is 13.8 Å². The Bertz CT molecular complexity index is 323. The van der Waals surface area contributed by atoms with Gasteiger partial charge in [0.05, 0.1) is 0 Å².